The van der Waals surface area contributed by atoms with Crippen molar-refractivity contribution in [1.82, 2.24) is 9.38 Å². The van der Waals surface area contributed by atoms with Crippen molar-refractivity contribution in [1.29, 1.82) is 0 Å². The summed E-state index contributed by atoms with van der Waals surface area (Å²) in [6.45, 7) is 6.58. The number of nitrogens with zero attached hydrogens (tertiary/aromatic N) is 2. The van der Waals surface area contributed by atoms with Gasteiger partial charge >= 0.3 is 0 Å². The molecule has 0 atom stereocenters. The van der Waals surface area contributed by atoms with Crippen LogP contribution in [-0.4, -0.2) is 9.38 Å². The first-order valence-corrected chi connectivity index (χ1v) is 4.71. The summed E-state index contributed by atoms with van der Waals surface area (Å²) in [5.74, 6) is 0.542. The van der Waals surface area contributed by atoms with Crippen LogP contribution < -0.4 is 5.73 Å². The van der Waals surface area contributed by atoms with Gasteiger partial charge in [-0.05, 0) is 23.1 Å². The molecule has 0 saturated heterocycles. The molecule has 2 N–H and O–H groups in total. The number of imidazole rings is 1. The molecule has 0 unspecified atom stereocenters. The molecule has 0 bridgehead atoms. The fourth-order valence-corrected chi connectivity index (χ4v) is 1.49. The van der Waals surface area contributed by atoms with Crippen molar-refractivity contribution in [2.75, 3.05) is 5.73 Å². The Balaban J connectivity index is 2.63. The molecule has 0 aliphatic rings. The Labute approximate surface area is 83.6 Å². The van der Waals surface area contributed by atoms with Crippen LogP contribution in [-0.2, 0) is 5.41 Å². The van der Waals surface area contributed by atoms with Crippen molar-refractivity contribution in [3.63, 3.8) is 0 Å². The number of fused-ring (bicyclic) bond motifs is 1. The van der Waals surface area contributed by atoms with Gasteiger partial charge in [-0.3, -0.25) is 4.40 Å². The van der Waals surface area contributed by atoms with Gasteiger partial charge in [0.2, 0.25) is 5.95 Å². The summed E-state index contributed by atoms with van der Waals surface area (Å²) in [4.78, 5) is 4.06. The van der Waals surface area contributed by atoms with Gasteiger partial charge in [0, 0.05) is 6.20 Å². The van der Waals surface area contributed by atoms with E-state index in [-0.39, 0.29) is 5.41 Å². The fourth-order valence-electron chi connectivity index (χ4n) is 1.49. The Bertz CT molecular complexity index is 463. The lowest BCUT2D eigenvalue weighted by atomic mass is 9.88. The molecule has 0 aliphatic carbocycles. The van der Waals surface area contributed by atoms with E-state index in [1.807, 2.05) is 10.6 Å². The average molecular weight is 189 g/mol. The second-order valence-electron chi connectivity index (χ2n) is 4.58. The molecule has 0 aromatic carbocycles. The third-order valence-corrected chi connectivity index (χ3v) is 2.43. The van der Waals surface area contributed by atoms with Crippen molar-refractivity contribution in [3.8, 4) is 0 Å². The van der Waals surface area contributed by atoms with E-state index in [0.29, 0.717) is 5.95 Å². The van der Waals surface area contributed by atoms with Gasteiger partial charge in [-0.1, -0.05) is 20.8 Å². The molecule has 0 saturated carbocycles. The smallest absolute Gasteiger partial charge is 0.204 e. The number of nitrogens with two attached hydrogens (primary N) is 1. The van der Waals surface area contributed by atoms with E-state index in [9.17, 15) is 0 Å². The molecule has 0 radical (unpaired) electrons. The van der Waals surface area contributed by atoms with Crippen LogP contribution in [0.25, 0.3) is 5.52 Å². The van der Waals surface area contributed by atoms with Crippen molar-refractivity contribution < 1.29 is 0 Å². The van der Waals surface area contributed by atoms with Crippen LogP contribution in [0.1, 0.15) is 26.3 Å². The van der Waals surface area contributed by atoms with E-state index in [0.717, 1.165) is 5.52 Å². The Hall–Kier alpha value is -1.51. The van der Waals surface area contributed by atoms with Crippen LogP contribution in [0, 0.1) is 0 Å². The highest BCUT2D eigenvalue weighted by atomic mass is 15.1. The molecule has 74 valence electrons. The lowest BCUT2D eigenvalue weighted by Crippen LogP contribution is -2.11. The predicted octanol–water partition coefficient (Wildman–Crippen LogP) is 2.21. The Morgan fingerprint density at radius 1 is 1.36 bits per heavy atom. The topological polar surface area (TPSA) is 43.3 Å². The Morgan fingerprint density at radius 3 is 2.71 bits per heavy atom. The lowest BCUT2D eigenvalue weighted by molar-refractivity contribution is 0.590. The first-order valence-electron chi connectivity index (χ1n) is 4.71. The normalized spacial score (nSPS) is 12.2. The van der Waals surface area contributed by atoms with Gasteiger partial charge in [0.05, 0.1) is 11.7 Å². The van der Waals surface area contributed by atoms with E-state index in [2.05, 4.69) is 37.9 Å². The maximum atomic E-state index is 5.69. The fraction of sp³-hybridized carbons (Fsp3) is 0.364. The van der Waals surface area contributed by atoms with E-state index >= 15 is 0 Å². The minimum Gasteiger partial charge on any atom is -0.369 e. The van der Waals surface area contributed by atoms with Gasteiger partial charge in [-0.15, -0.1) is 0 Å². The Kier molecular flexibility index (Phi) is 1.77. The molecule has 0 spiro atoms. The summed E-state index contributed by atoms with van der Waals surface area (Å²) < 4.78 is 1.88. The highest BCUT2D eigenvalue weighted by molar-refractivity contribution is 5.53. The molecule has 0 aliphatic heterocycles. The predicted molar refractivity (Wildman–Crippen MR) is 58.3 cm³/mol. The van der Waals surface area contributed by atoms with E-state index in [1.54, 1.807) is 6.20 Å². The zero-order valence-corrected chi connectivity index (χ0v) is 8.78. The number of hydrogen-bond acceptors (Lipinski definition) is 2. The third kappa shape index (κ3) is 1.35. The second-order valence-corrected chi connectivity index (χ2v) is 4.58. The van der Waals surface area contributed by atoms with Gasteiger partial charge < -0.3 is 5.73 Å². The summed E-state index contributed by atoms with van der Waals surface area (Å²) in [6, 6.07) is 4.22. The maximum absolute atomic E-state index is 5.69. The van der Waals surface area contributed by atoms with Gasteiger partial charge in [0.1, 0.15) is 0 Å². The van der Waals surface area contributed by atoms with Gasteiger partial charge in [0.15, 0.2) is 0 Å². The highest BCUT2D eigenvalue weighted by Gasteiger charge is 2.14. The van der Waals surface area contributed by atoms with Crippen molar-refractivity contribution >= 4 is 11.5 Å². The average Bonchev–Trinajstić information content (AvgIpc) is 2.46. The monoisotopic (exact) mass is 189 g/mol. The van der Waals surface area contributed by atoms with Crippen LogP contribution in [0.2, 0.25) is 0 Å². The summed E-state index contributed by atoms with van der Waals surface area (Å²) in [5, 5.41) is 0. The van der Waals surface area contributed by atoms with Gasteiger partial charge in [-0.2, -0.15) is 0 Å². The summed E-state index contributed by atoms with van der Waals surface area (Å²) in [5.41, 5.74) is 8.20. The van der Waals surface area contributed by atoms with Crippen LogP contribution in [0.3, 0.4) is 0 Å². The standard InChI is InChI=1S/C11H15N3/c1-11(2,3)8-4-5-14-9(6-8)7-13-10(14)12/h4-7H,1-3H3,(H2,12,13). The van der Waals surface area contributed by atoms with E-state index in [1.165, 1.54) is 5.56 Å². The van der Waals surface area contributed by atoms with Crippen LogP contribution >= 0.6 is 0 Å². The summed E-state index contributed by atoms with van der Waals surface area (Å²) in [6.07, 6.45) is 3.77. The minimum atomic E-state index is 0.167. The molecule has 2 aromatic rings. The summed E-state index contributed by atoms with van der Waals surface area (Å²) in [7, 11) is 0. The molecule has 14 heavy (non-hydrogen) atoms. The number of nitrogen functional groups attached to an aromatic ring is 1. The zero-order chi connectivity index (χ0) is 10.3. The SMILES string of the molecule is CC(C)(C)c1ccn2c(N)ncc2c1. The number of rotatable bonds is 0. The van der Waals surface area contributed by atoms with Gasteiger partial charge in [-0.25, -0.2) is 4.98 Å². The number of anilines is 1. The second kappa shape index (κ2) is 2.74. The zero-order valence-electron chi connectivity index (χ0n) is 8.78. The van der Waals surface area contributed by atoms with Crippen molar-refractivity contribution in [2.45, 2.75) is 26.2 Å². The third-order valence-electron chi connectivity index (χ3n) is 2.43. The molecule has 0 fully saturated rings. The minimum absolute atomic E-state index is 0.167. The first-order chi connectivity index (χ1) is 6.48. The molecular formula is C11H15N3. The van der Waals surface area contributed by atoms with Gasteiger partial charge in [0.25, 0.3) is 0 Å². The molecule has 3 heteroatoms. The number of hydrogen-bond donors (Lipinski definition) is 1. The molecule has 2 rings (SSSR count). The largest absolute Gasteiger partial charge is 0.369 e. The molecule has 2 aromatic heterocycles. The first kappa shape index (κ1) is 9.06. The van der Waals surface area contributed by atoms with E-state index in [4.69, 9.17) is 5.73 Å². The van der Waals surface area contributed by atoms with Crippen LogP contribution in [0.4, 0.5) is 5.95 Å². The Morgan fingerprint density at radius 2 is 2.07 bits per heavy atom. The van der Waals surface area contributed by atoms with Crippen molar-refractivity contribution in [2.24, 2.45) is 0 Å². The molecular weight excluding hydrogens is 174 g/mol. The molecule has 2 heterocycles. The number of pyridine rings is 1. The maximum Gasteiger partial charge on any atom is 0.204 e. The van der Waals surface area contributed by atoms with Crippen molar-refractivity contribution in [3.05, 3.63) is 30.1 Å². The number of aromatic nitrogens is 2. The molecule has 0 amide bonds. The lowest BCUT2D eigenvalue weighted by Gasteiger charge is -2.18. The highest BCUT2D eigenvalue weighted by Crippen LogP contribution is 2.23. The van der Waals surface area contributed by atoms with Crippen LogP contribution in [0.15, 0.2) is 24.5 Å². The summed E-state index contributed by atoms with van der Waals surface area (Å²) >= 11 is 0. The van der Waals surface area contributed by atoms with Crippen LogP contribution in [0.5, 0.6) is 0 Å². The quantitative estimate of drug-likeness (QED) is 0.690. The molecule has 3 nitrogen and oxygen atoms in total. The van der Waals surface area contributed by atoms with E-state index < -0.39 is 0 Å².